The molecule has 1 rings (SSSR count). The highest BCUT2D eigenvalue weighted by molar-refractivity contribution is 7.85. The number of rotatable bonds is 4. The summed E-state index contributed by atoms with van der Waals surface area (Å²) in [7, 11) is -2.91. The second-order valence-corrected chi connectivity index (χ2v) is 4.52. The lowest BCUT2D eigenvalue weighted by Crippen LogP contribution is -2.11. The molecule has 0 aliphatic carbocycles. The zero-order valence-corrected chi connectivity index (χ0v) is 8.94. The zero-order chi connectivity index (χ0) is 11.5. The van der Waals surface area contributed by atoms with Crippen LogP contribution in [0.4, 0.5) is 0 Å². The Morgan fingerprint density at radius 2 is 1.87 bits per heavy atom. The molecule has 0 aliphatic heterocycles. The maximum Gasteiger partial charge on any atom is 0.296 e. The molecule has 1 unspecified atom stereocenters. The molecule has 1 aromatic carbocycles. The van der Waals surface area contributed by atoms with Crippen LogP contribution in [0.25, 0.3) is 0 Å². The van der Waals surface area contributed by atoms with Gasteiger partial charge in [-0.05, 0) is 11.1 Å². The van der Waals surface area contributed by atoms with E-state index in [0.717, 1.165) is 5.56 Å². The quantitative estimate of drug-likeness (QED) is 0.747. The first-order chi connectivity index (χ1) is 6.95. The van der Waals surface area contributed by atoms with Crippen molar-refractivity contribution in [3.05, 3.63) is 35.4 Å². The van der Waals surface area contributed by atoms with Crippen LogP contribution in [-0.2, 0) is 21.5 Å². The number of aliphatic hydroxyl groups excluding tert-OH is 1. The number of ether oxygens (including phenoxy) is 1. The van der Waals surface area contributed by atoms with Gasteiger partial charge in [-0.25, -0.2) is 0 Å². The molecule has 0 aromatic heterocycles. The number of aliphatic hydroxyl groups is 1. The first-order valence-electron chi connectivity index (χ1n) is 4.17. The largest absolute Gasteiger partial charge is 0.380 e. The van der Waals surface area contributed by atoms with E-state index < -0.39 is 15.6 Å². The summed E-state index contributed by atoms with van der Waals surface area (Å²) in [6, 6.07) is 6.08. The van der Waals surface area contributed by atoms with Crippen LogP contribution in [0.5, 0.6) is 0 Å². The van der Waals surface area contributed by atoms with Gasteiger partial charge in [-0.2, -0.15) is 8.42 Å². The minimum Gasteiger partial charge on any atom is -0.380 e. The molecule has 0 bridgehead atoms. The summed E-state index contributed by atoms with van der Waals surface area (Å²) < 4.78 is 34.7. The van der Waals surface area contributed by atoms with Crippen molar-refractivity contribution in [3.8, 4) is 0 Å². The van der Waals surface area contributed by atoms with Crippen LogP contribution >= 0.6 is 0 Å². The molecule has 15 heavy (non-hydrogen) atoms. The van der Waals surface area contributed by atoms with Crippen LogP contribution in [0.2, 0.25) is 0 Å². The summed E-state index contributed by atoms with van der Waals surface area (Å²) in [6.07, 6.45) is 0. The van der Waals surface area contributed by atoms with Crippen molar-refractivity contribution in [1.82, 2.24) is 0 Å². The van der Waals surface area contributed by atoms with Crippen LogP contribution in [0.1, 0.15) is 16.6 Å². The van der Waals surface area contributed by atoms with Gasteiger partial charge in [0, 0.05) is 7.11 Å². The predicted molar refractivity (Wildman–Crippen MR) is 53.7 cm³/mol. The van der Waals surface area contributed by atoms with Gasteiger partial charge in [0.15, 0.2) is 0 Å². The number of hydrogen-bond donors (Lipinski definition) is 2. The van der Waals surface area contributed by atoms with E-state index in [0.29, 0.717) is 6.61 Å². The lowest BCUT2D eigenvalue weighted by molar-refractivity contribution is 0.185. The van der Waals surface area contributed by atoms with E-state index >= 15 is 0 Å². The fraction of sp³-hybridized carbons (Fsp3) is 0.333. The topological polar surface area (TPSA) is 83.8 Å². The average Bonchev–Trinajstić information content (AvgIpc) is 2.17. The molecule has 0 fully saturated rings. The van der Waals surface area contributed by atoms with Gasteiger partial charge in [-0.15, -0.1) is 0 Å². The van der Waals surface area contributed by atoms with Crippen molar-refractivity contribution >= 4 is 10.1 Å². The molecular formula is C9H12O5S. The minimum absolute atomic E-state index is 0.123. The van der Waals surface area contributed by atoms with Gasteiger partial charge >= 0.3 is 0 Å². The van der Waals surface area contributed by atoms with Crippen molar-refractivity contribution in [1.29, 1.82) is 0 Å². The van der Waals surface area contributed by atoms with Gasteiger partial charge in [0.05, 0.1) is 6.61 Å². The summed E-state index contributed by atoms with van der Waals surface area (Å²) in [5.41, 5.74) is -0.921. The van der Waals surface area contributed by atoms with Crippen molar-refractivity contribution in [2.24, 2.45) is 0 Å². The van der Waals surface area contributed by atoms with E-state index in [4.69, 9.17) is 9.29 Å². The second-order valence-electron chi connectivity index (χ2n) is 3.04. The Balaban J connectivity index is 2.89. The second kappa shape index (κ2) is 4.71. The molecule has 1 atom stereocenters. The zero-order valence-electron chi connectivity index (χ0n) is 8.12. The third-order valence-electron chi connectivity index (χ3n) is 1.86. The highest BCUT2D eigenvalue weighted by atomic mass is 32.2. The Morgan fingerprint density at radius 3 is 2.27 bits per heavy atom. The van der Waals surface area contributed by atoms with Gasteiger partial charge in [0.25, 0.3) is 10.1 Å². The fourth-order valence-electron chi connectivity index (χ4n) is 1.12. The summed E-state index contributed by atoms with van der Waals surface area (Å²) in [4.78, 5) is 0. The van der Waals surface area contributed by atoms with Crippen molar-refractivity contribution in [2.75, 3.05) is 7.11 Å². The molecule has 0 saturated heterocycles. The summed E-state index contributed by atoms with van der Waals surface area (Å²) in [5, 5.41) is 9.21. The third kappa shape index (κ3) is 3.28. The number of hydrogen-bond acceptors (Lipinski definition) is 4. The van der Waals surface area contributed by atoms with Crippen LogP contribution < -0.4 is 0 Å². The van der Waals surface area contributed by atoms with Gasteiger partial charge in [0.1, 0.15) is 0 Å². The average molecular weight is 232 g/mol. The van der Waals surface area contributed by atoms with Crippen LogP contribution in [0.15, 0.2) is 24.3 Å². The first kappa shape index (κ1) is 12.1. The van der Waals surface area contributed by atoms with E-state index in [-0.39, 0.29) is 5.56 Å². The Kier molecular flexibility index (Phi) is 3.81. The highest BCUT2D eigenvalue weighted by Gasteiger charge is 2.21. The molecule has 5 nitrogen and oxygen atoms in total. The predicted octanol–water partition coefficient (Wildman–Crippen LogP) is 0.712. The number of benzene rings is 1. The maximum absolute atomic E-state index is 10.6. The van der Waals surface area contributed by atoms with Crippen LogP contribution in [0.3, 0.4) is 0 Å². The molecule has 6 heteroatoms. The monoisotopic (exact) mass is 232 g/mol. The van der Waals surface area contributed by atoms with E-state index in [1.165, 1.54) is 12.1 Å². The van der Waals surface area contributed by atoms with Crippen molar-refractivity contribution in [2.45, 2.75) is 12.0 Å². The molecule has 1 aromatic rings. The van der Waals surface area contributed by atoms with Gasteiger partial charge < -0.3 is 9.84 Å². The smallest absolute Gasteiger partial charge is 0.296 e. The standard InChI is InChI=1S/C9H12O5S/c1-14-6-7-2-4-8(5-3-7)9(10)15(11,12)13/h2-5,9-10H,6H2,1H3,(H,11,12,13). The Labute approximate surface area is 88.1 Å². The lowest BCUT2D eigenvalue weighted by Gasteiger charge is -2.08. The van der Waals surface area contributed by atoms with E-state index in [9.17, 15) is 13.5 Å². The van der Waals surface area contributed by atoms with E-state index in [2.05, 4.69) is 0 Å². The number of methoxy groups -OCH3 is 1. The van der Waals surface area contributed by atoms with Gasteiger partial charge in [-0.1, -0.05) is 24.3 Å². The van der Waals surface area contributed by atoms with Gasteiger partial charge in [0.2, 0.25) is 5.44 Å². The molecule has 0 spiro atoms. The van der Waals surface area contributed by atoms with E-state index in [1.807, 2.05) is 0 Å². The summed E-state index contributed by atoms with van der Waals surface area (Å²) in [6.45, 7) is 0.405. The normalized spacial score (nSPS) is 13.8. The Hall–Kier alpha value is -0.950. The summed E-state index contributed by atoms with van der Waals surface area (Å²) >= 11 is 0. The van der Waals surface area contributed by atoms with E-state index in [1.54, 1.807) is 19.2 Å². The molecule has 0 amide bonds. The first-order valence-corrected chi connectivity index (χ1v) is 5.67. The third-order valence-corrected chi connectivity index (χ3v) is 2.69. The lowest BCUT2D eigenvalue weighted by atomic mass is 10.1. The molecule has 0 aliphatic rings. The molecule has 0 heterocycles. The fourth-order valence-corrected chi connectivity index (χ4v) is 1.62. The SMILES string of the molecule is COCc1ccc(C(O)S(=O)(=O)O)cc1. The van der Waals surface area contributed by atoms with Crippen molar-refractivity contribution in [3.63, 3.8) is 0 Å². The molecule has 0 radical (unpaired) electrons. The van der Waals surface area contributed by atoms with Gasteiger partial charge in [-0.3, -0.25) is 4.55 Å². The van der Waals surface area contributed by atoms with Crippen molar-refractivity contribution < 1.29 is 22.8 Å². The van der Waals surface area contributed by atoms with Crippen LogP contribution in [-0.4, -0.2) is 25.2 Å². The maximum atomic E-state index is 10.6. The molecule has 2 N–H and O–H groups in total. The molecular weight excluding hydrogens is 220 g/mol. The minimum atomic E-state index is -4.46. The Morgan fingerprint density at radius 1 is 1.33 bits per heavy atom. The Bertz CT molecular complexity index is 409. The molecule has 0 saturated carbocycles. The summed E-state index contributed by atoms with van der Waals surface area (Å²) in [5.74, 6) is 0. The molecule has 84 valence electrons. The van der Waals surface area contributed by atoms with Crippen LogP contribution in [0, 0.1) is 0 Å². The highest BCUT2D eigenvalue weighted by Crippen LogP contribution is 2.18.